The van der Waals surface area contributed by atoms with Gasteiger partial charge in [-0.15, -0.1) is 0 Å². The predicted octanol–water partition coefficient (Wildman–Crippen LogP) is 2.90. The van der Waals surface area contributed by atoms with Crippen molar-refractivity contribution < 1.29 is 0 Å². The Bertz CT molecular complexity index is 485. The molecule has 1 aromatic heterocycles. The molecule has 16 heavy (non-hydrogen) atoms. The molecule has 0 amide bonds. The lowest BCUT2D eigenvalue weighted by Gasteiger charge is -2.11. The second-order valence-electron chi connectivity index (χ2n) is 4.50. The fourth-order valence-electron chi connectivity index (χ4n) is 1.90. The molecular formula is C13H19N3. The molecule has 0 radical (unpaired) electrons. The Balaban J connectivity index is 2.49. The van der Waals surface area contributed by atoms with Crippen molar-refractivity contribution in [3.8, 4) is 0 Å². The normalized spacial score (nSPS) is 13.6. The van der Waals surface area contributed by atoms with Crippen LogP contribution in [-0.4, -0.2) is 16.6 Å². The molecule has 0 aliphatic heterocycles. The number of aromatic nitrogens is 2. The number of hydrogen-bond acceptors (Lipinski definition) is 2. The van der Waals surface area contributed by atoms with E-state index in [1.165, 1.54) is 11.1 Å². The van der Waals surface area contributed by atoms with Crippen LogP contribution in [0.3, 0.4) is 0 Å². The van der Waals surface area contributed by atoms with Crippen LogP contribution in [0.5, 0.6) is 0 Å². The summed E-state index contributed by atoms with van der Waals surface area (Å²) in [6.07, 6.45) is 1.92. The van der Waals surface area contributed by atoms with Gasteiger partial charge in [0.05, 0.1) is 17.4 Å². The third-order valence-corrected chi connectivity index (χ3v) is 3.09. The van der Waals surface area contributed by atoms with Crippen molar-refractivity contribution in [1.82, 2.24) is 14.9 Å². The number of hydrogen-bond donors (Lipinski definition) is 1. The van der Waals surface area contributed by atoms with Gasteiger partial charge in [-0.2, -0.15) is 0 Å². The van der Waals surface area contributed by atoms with Crippen LogP contribution in [0.4, 0.5) is 0 Å². The molecule has 2 rings (SSSR count). The van der Waals surface area contributed by atoms with Gasteiger partial charge in [-0.1, -0.05) is 6.07 Å². The van der Waals surface area contributed by atoms with E-state index in [1.807, 2.05) is 13.4 Å². The minimum Gasteiger partial charge on any atom is -0.328 e. The molecule has 0 aliphatic rings. The van der Waals surface area contributed by atoms with Gasteiger partial charge in [-0.25, -0.2) is 4.98 Å². The quantitative estimate of drug-likeness (QED) is 0.856. The molecule has 2 aromatic rings. The zero-order valence-corrected chi connectivity index (χ0v) is 10.4. The first-order chi connectivity index (χ1) is 7.63. The van der Waals surface area contributed by atoms with E-state index in [1.54, 1.807) is 0 Å². The minimum atomic E-state index is 0.369. The van der Waals surface area contributed by atoms with E-state index in [9.17, 15) is 0 Å². The van der Waals surface area contributed by atoms with E-state index in [2.05, 4.69) is 53.8 Å². The second-order valence-corrected chi connectivity index (χ2v) is 4.50. The first-order valence-corrected chi connectivity index (χ1v) is 5.77. The summed E-state index contributed by atoms with van der Waals surface area (Å²) in [7, 11) is 1.97. The summed E-state index contributed by atoms with van der Waals surface area (Å²) in [6, 6.07) is 7.32. The average Bonchev–Trinajstić information content (AvgIpc) is 2.70. The molecule has 1 unspecified atom stereocenters. The topological polar surface area (TPSA) is 29.9 Å². The number of benzene rings is 1. The van der Waals surface area contributed by atoms with Crippen molar-refractivity contribution in [3.05, 3.63) is 30.1 Å². The highest BCUT2D eigenvalue weighted by Crippen LogP contribution is 2.21. The largest absolute Gasteiger partial charge is 0.328 e. The number of rotatable bonds is 3. The molecule has 3 nitrogen and oxygen atoms in total. The number of imidazole rings is 1. The lowest BCUT2D eigenvalue weighted by molar-refractivity contribution is 0.617. The third-order valence-electron chi connectivity index (χ3n) is 3.09. The summed E-state index contributed by atoms with van der Waals surface area (Å²) in [5.41, 5.74) is 3.57. The zero-order valence-electron chi connectivity index (χ0n) is 10.4. The molecular weight excluding hydrogens is 198 g/mol. The maximum absolute atomic E-state index is 4.45. The highest BCUT2D eigenvalue weighted by atomic mass is 15.1. The van der Waals surface area contributed by atoms with Gasteiger partial charge in [0.2, 0.25) is 0 Å². The van der Waals surface area contributed by atoms with Crippen molar-refractivity contribution in [2.24, 2.45) is 0 Å². The smallest absolute Gasteiger partial charge is 0.0960 e. The van der Waals surface area contributed by atoms with E-state index in [0.29, 0.717) is 12.1 Å². The Morgan fingerprint density at radius 3 is 2.62 bits per heavy atom. The standard InChI is InChI=1S/C13H19N3/c1-9(2)16-8-15-12-7-11(10(3)14-4)5-6-13(12)16/h5-10,14H,1-4H3. The van der Waals surface area contributed by atoms with Crippen molar-refractivity contribution in [2.75, 3.05) is 7.05 Å². The Morgan fingerprint density at radius 2 is 2.00 bits per heavy atom. The van der Waals surface area contributed by atoms with Crippen LogP contribution in [0.15, 0.2) is 24.5 Å². The molecule has 86 valence electrons. The zero-order chi connectivity index (χ0) is 11.7. The van der Waals surface area contributed by atoms with Crippen LogP contribution >= 0.6 is 0 Å². The van der Waals surface area contributed by atoms with E-state index in [-0.39, 0.29) is 0 Å². The van der Waals surface area contributed by atoms with Gasteiger partial charge in [-0.3, -0.25) is 0 Å². The lowest BCUT2D eigenvalue weighted by Crippen LogP contribution is -2.12. The lowest BCUT2D eigenvalue weighted by atomic mass is 10.1. The molecule has 1 aromatic carbocycles. The minimum absolute atomic E-state index is 0.369. The highest BCUT2D eigenvalue weighted by Gasteiger charge is 2.08. The molecule has 1 N–H and O–H groups in total. The Labute approximate surface area is 96.5 Å². The molecule has 1 heterocycles. The van der Waals surface area contributed by atoms with Crippen LogP contribution < -0.4 is 5.32 Å². The molecule has 0 saturated heterocycles. The Kier molecular flexibility index (Phi) is 2.97. The molecule has 3 heteroatoms. The summed E-state index contributed by atoms with van der Waals surface area (Å²) >= 11 is 0. The molecule has 0 bridgehead atoms. The summed E-state index contributed by atoms with van der Waals surface area (Å²) in [4.78, 5) is 4.45. The maximum Gasteiger partial charge on any atom is 0.0960 e. The summed E-state index contributed by atoms with van der Waals surface area (Å²) in [5, 5.41) is 3.24. The fourth-order valence-corrected chi connectivity index (χ4v) is 1.90. The first-order valence-electron chi connectivity index (χ1n) is 5.77. The summed E-state index contributed by atoms with van der Waals surface area (Å²) in [6.45, 7) is 6.50. The van der Waals surface area contributed by atoms with Crippen molar-refractivity contribution in [2.45, 2.75) is 32.9 Å². The van der Waals surface area contributed by atoms with Crippen molar-refractivity contribution in [3.63, 3.8) is 0 Å². The van der Waals surface area contributed by atoms with Crippen LogP contribution in [0.2, 0.25) is 0 Å². The highest BCUT2D eigenvalue weighted by molar-refractivity contribution is 5.76. The number of nitrogens with one attached hydrogen (secondary N) is 1. The molecule has 0 aliphatic carbocycles. The van der Waals surface area contributed by atoms with Crippen molar-refractivity contribution >= 4 is 11.0 Å². The predicted molar refractivity (Wildman–Crippen MR) is 67.6 cm³/mol. The van der Waals surface area contributed by atoms with Crippen LogP contribution in [0.25, 0.3) is 11.0 Å². The van der Waals surface area contributed by atoms with Crippen LogP contribution in [0.1, 0.15) is 38.4 Å². The van der Waals surface area contributed by atoms with E-state index in [4.69, 9.17) is 0 Å². The maximum atomic E-state index is 4.45. The van der Waals surface area contributed by atoms with Crippen LogP contribution in [-0.2, 0) is 0 Å². The van der Waals surface area contributed by atoms with E-state index >= 15 is 0 Å². The molecule has 0 fully saturated rings. The number of fused-ring (bicyclic) bond motifs is 1. The Hall–Kier alpha value is -1.35. The average molecular weight is 217 g/mol. The molecule has 1 atom stereocenters. The van der Waals surface area contributed by atoms with Gasteiger partial charge < -0.3 is 9.88 Å². The third kappa shape index (κ3) is 1.83. The first kappa shape index (κ1) is 11.1. The van der Waals surface area contributed by atoms with Gasteiger partial charge in [-0.05, 0) is 45.5 Å². The number of nitrogens with zero attached hydrogens (tertiary/aromatic N) is 2. The van der Waals surface area contributed by atoms with E-state index in [0.717, 1.165) is 5.52 Å². The van der Waals surface area contributed by atoms with Gasteiger partial charge in [0, 0.05) is 12.1 Å². The van der Waals surface area contributed by atoms with E-state index < -0.39 is 0 Å². The summed E-state index contributed by atoms with van der Waals surface area (Å²) < 4.78 is 2.20. The SMILES string of the molecule is CNC(C)c1ccc2c(c1)ncn2C(C)C. The summed E-state index contributed by atoms with van der Waals surface area (Å²) in [5.74, 6) is 0. The van der Waals surface area contributed by atoms with Gasteiger partial charge in [0.15, 0.2) is 0 Å². The van der Waals surface area contributed by atoms with Crippen molar-refractivity contribution in [1.29, 1.82) is 0 Å². The fraction of sp³-hybridized carbons (Fsp3) is 0.462. The second kappa shape index (κ2) is 4.26. The molecule has 0 spiro atoms. The van der Waals surface area contributed by atoms with Gasteiger partial charge >= 0.3 is 0 Å². The van der Waals surface area contributed by atoms with Gasteiger partial charge in [0.25, 0.3) is 0 Å². The van der Waals surface area contributed by atoms with Gasteiger partial charge in [0.1, 0.15) is 0 Å². The monoisotopic (exact) mass is 217 g/mol. The van der Waals surface area contributed by atoms with Crippen LogP contribution in [0, 0.1) is 0 Å². The Morgan fingerprint density at radius 1 is 1.25 bits per heavy atom. The molecule has 0 saturated carbocycles.